The summed E-state index contributed by atoms with van der Waals surface area (Å²) in [7, 11) is 3.18. The molecule has 0 bridgehead atoms. The van der Waals surface area contributed by atoms with E-state index in [0.717, 1.165) is 5.57 Å². The Labute approximate surface area is 79.3 Å². The molecule has 0 saturated heterocycles. The first-order valence-electron chi connectivity index (χ1n) is 4.15. The maximum absolute atomic E-state index is 11.5. The van der Waals surface area contributed by atoms with Gasteiger partial charge in [0.05, 0.1) is 0 Å². The lowest BCUT2D eigenvalue weighted by Gasteiger charge is -2.21. The average Bonchev–Trinajstić information content (AvgIpc) is 2.05. The number of ether oxygens (including phenoxy) is 1. The van der Waals surface area contributed by atoms with E-state index in [0.29, 0.717) is 6.54 Å². The summed E-state index contributed by atoms with van der Waals surface area (Å²) in [5.41, 5.74) is 6.29. The zero-order chi connectivity index (χ0) is 10.4. The molecule has 0 aromatic heterocycles. The highest BCUT2D eigenvalue weighted by atomic mass is 16.5. The molecule has 1 unspecified atom stereocenters. The summed E-state index contributed by atoms with van der Waals surface area (Å²) in [5, 5.41) is 0. The van der Waals surface area contributed by atoms with E-state index < -0.39 is 6.10 Å². The summed E-state index contributed by atoms with van der Waals surface area (Å²) in [6.45, 7) is 6.34. The van der Waals surface area contributed by atoms with E-state index in [1.807, 2.05) is 6.92 Å². The van der Waals surface area contributed by atoms with E-state index >= 15 is 0 Å². The van der Waals surface area contributed by atoms with Gasteiger partial charge >= 0.3 is 0 Å². The van der Waals surface area contributed by atoms with Gasteiger partial charge in [0.15, 0.2) is 0 Å². The van der Waals surface area contributed by atoms with Gasteiger partial charge in [-0.1, -0.05) is 12.2 Å². The highest BCUT2D eigenvalue weighted by Crippen LogP contribution is 1.98. The van der Waals surface area contributed by atoms with Crippen LogP contribution in [0.15, 0.2) is 12.2 Å². The largest absolute Gasteiger partial charge is 0.370 e. The van der Waals surface area contributed by atoms with Gasteiger partial charge in [0.25, 0.3) is 5.91 Å². The molecule has 2 N–H and O–H groups in total. The highest BCUT2D eigenvalue weighted by Gasteiger charge is 2.19. The Kier molecular flexibility index (Phi) is 5.34. The third-order valence-corrected chi connectivity index (χ3v) is 1.66. The third kappa shape index (κ3) is 4.05. The van der Waals surface area contributed by atoms with Gasteiger partial charge in [0.2, 0.25) is 0 Å². The van der Waals surface area contributed by atoms with Crippen LogP contribution >= 0.6 is 0 Å². The monoisotopic (exact) mass is 186 g/mol. The number of nitrogens with two attached hydrogens (primary N) is 1. The molecule has 0 saturated carbocycles. The first kappa shape index (κ1) is 12.1. The molecule has 0 fully saturated rings. The van der Waals surface area contributed by atoms with E-state index in [-0.39, 0.29) is 12.5 Å². The van der Waals surface area contributed by atoms with Crippen molar-refractivity contribution < 1.29 is 9.53 Å². The van der Waals surface area contributed by atoms with Gasteiger partial charge in [0, 0.05) is 27.2 Å². The number of methoxy groups -OCH3 is 1. The zero-order valence-electron chi connectivity index (χ0n) is 8.54. The Morgan fingerprint density at radius 1 is 1.69 bits per heavy atom. The number of carbonyl (C=O) groups is 1. The molecule has 4 nitrogen and oxygen atoms in total. The number of hydrogen-bond donors (Lipinski definition) is 1. The maximum atomic E-state index is 11.5. The van der Waals surface area contributed by atoms with Crippen molar-refractivity contribution in [2.24, 2.45) is 5.73 Å². The normalized spacial score (nSPS) is 12.3. The molecule has 0 aromatic carbocycles. The quantitative estimate of drug-likeness (QED) is 0.615. The number of nitrogens with zero attached hydrogens (tertiary/aromatic N) is 1. The minimum atomic E-state index is -0.538. The fourth-order valence-corrected chi connectivity index (χ4v) is 1.03. The summed E-state index contributed by atoms with van der Waals surface area (Å²) in [6, 6.07) is 0. The number of likely N-dealkylation sites (N-methyl/N-ethyl adjacent to an activating group) is 1. The number of hydrogen-bond acceptors (Lipinski definition) is 3. The van der Waals surface area contributed by atoms with Crippen molar-refractivity contribution in [2.75, 3.05) is 27.2 Å². The number of rotatable bonds is 5. The highest BCUT2D eigenvalue weighted by molar-refractivity contribution is 5.81. The van der Waals surface area contributed by atoms with Crippen LogP contribution in [0.25, 0.3) is 0 Å². The van der Waals surface area contributed by atoms with Crippen molar-refractivity contribution >= 4 is 5.91 Å². The van der Waals surface area contributed by atoms with E-state index in [9.17, 15) is 4.79 Å². The van der Waals surface area contributed by atoms with Gasteiger partial charge in [-0.15, -0.1) is 0 Å². The summed E-state index contributed by atoms with van der Waals surface area (Å²) >= 11 is 0. The van der Waals surface area contributed by atoms with Gasteiger partial charge in [-0.05, 0) is 6.92 Å². The molecule has 0 heterocycles. The molecule has 0 radical (unpaired) electrons. The summed E-state index contributed by atoms with van der Waals surface area (Å²) < 4.78 is 4.92. The first-order chi connectivity index (χ1) is 6.02. The molecular weight excluding hydrogens is 168 g/mol. The second kappa shape index (κ2) is 5.72. The van der Waals surface area contributed by atoms with E-state index in [2.05, 4.69) is 6.58 Å². The van der Waals surface area contributed by atoms with E-state index in [4.69, 9.17) is 10.5 Å². The molecule has 0 aliphatic carbocycles. The maximum Gasteiger partial charge on any atom is 0.253 e. The van der Waals surface area contributed by atoms with Crippen LogP contribution in [0, 0.1) is 0 Å². The number of carbonyl (C=O) groups excluding carboxylic acids is 1. The second-order valence-electron chi connectivity index (χ2n) is 3.11. The molecule has 4 heteroatoms. The minimum Gasteiger partial charge on any atom is -0.370 e. The number of amides is 1. The van der Waals surface area contributed by atoms with Gasteiger partial charge in [-0.2, -0.15) is 0 Å². The van der Waals surface area contributed by atoms with Gasteiger partial charge in [0.1, 0.15) is 6.10 Å². The van der Waals surface area contributed by atoms with Crippen LogP contribution in [-0.4, -0.2) is 44.2 Å². The third-order valence-electron chi connectivity index (χ3n) is 1.66. The Bertz CT molecular complexity index is 188. The van der Waals surface area contributed by atoms with Crippen molar-refractivity contribution in [2.45, 2.75) is 13.0 Å². The van der Waals surface area contributed by atoms with Crippen molar-refractivity contribution in [1.29, 1.82) is 0 Å². The molecule has 0 rings (SSSR count). The van der Waals surface area contributed by atoms with Gasteiger partial charge in [-0.25, -0.2) is 0 Å². The topological polar surface area (TPSA) is 55.6 Å². The Morgan fingerprint density at radius 2 is 2.23 bits per heavy atom. The standard InChI is InChI=1S/C9H18N2O2/c1-7(2)6-11(3)9(12)8(5-10)13-4/h8H,1,5-6,10H2,2-4H3. The van der Waals surface area contributed by atoms with E-state index in [1.165, 1.54) is 7.11 Å². The summed E-state index contributed by atoms with van der Waals surface area (Å²) in [6.07, 6.45) is -0.538. The molecule has 13 heavy (non-hydrogen) atoms. The van der Waals surface area contributed by atoms with E-state index in [1.54, 1.807) is 11.9 Å². The van der Waals surface area contributed by atoms with Crippen molar-refractivity contribution in [3.8, 4) is 0 Å². The average molecular weight is 186 g/mol. The van der Waals surface area contributed by atoms with Crippen LogP contribution in [0.5, 0.6) is 0 Å². The van der Waals surface area contributed by atoms with Crippen LogP contribution in [0.4, 0.5) is 0 Å². The molecular formula is C9H18N2O2. The molecule has 76 valence electrons. The van der Waals surface area contributed by atoms with Crippen LogP contribution in [0.3, 0.4) is 0 Å². The molecule has 0 aromatic rings. The molecule has 0 spiro atoms. The van der Waals surface area contributed by atoms with Gasteiger partial charge in [-0.3, -0.25) is 4.79 Å². The van der Waals surface area contributed by atoms with Crippen LogP contribution < -0.4 is 5.73 Å². The van der Waals surface area contributed by atoms with Crippen LogP contribution in [-0.2, 0) is 9.53 Å². The minimum absolute atomic E-state index is 0.104. The predicted octanol–water partition coefficient (Wildman–Crippen LogP) is -0.00540. The fourth-order valence-electron chi connectivity index (χ4n) is 1.03. The fraction of sp³-hybridized carbons (Fsp3) is 0.667. The smallest absolute Gasteiger partial charge is 0.253 e. The zero-order valence-corrected chi connectivity index (χ0v) is 8.54. The second-order valence-corrected chi connectivity index (χ2v) is 3.11. The molecule has 1 amide bonds. The molecule has 0 aliphatic heterocycles. The Morgan fingerprint density at radius 3 is 2.54 bits per heavy atom. The lowest BCUT2D eigenvalue weighted by atomic mass is 10.2. The SMILES string of the molecule is C=C(C)CN(C)C(=O)C(CN)OC. The van der Waals surface area contributed by atoms with Crippen molar-refractivity contribution in [1.82, 2.24) is 4.90 Å². The summed E-state index contributed by atoms with van der Waals surface area (Å²) in [4.78, 5) is 13.1. The van der Waals surface area contributed by atoms with Crippen LogP contribution in [0.1, 0.15) is 6.92 Å². The predicted molar refractivity (Wildman–Crippen MR) is 52.3 cm³/mol. The lowest BCUT2D eigenvalue weighted by molar-refractivity contribution is -0.139. The van der Waals surface area contributed by atoms with Crippen molar-refractivity contribution in [3.05, 3.63) is 12.2 Å². The van der Waals surface area contributed by atoms with Gasteiger partial charge < -0.3 is 15.4 Å². The van der Waals surface area contributed by atoms with Crippen LogP contribution in [0.2, 0.25) is 0 Å². The Hall–Kier alpha value is -0.870. The lowest BCUT2D eigenvalue weighted by Crippen LogP contribution is -2.42. The molecule has 0 aliphatic rings. The van der Waals surface area contributed by atoms with Crippen molar-refractivity contribution in [3.63, 3.8) is 0 Å². The Balaban J connectivity index is 4.14. The first-order valence-corrected chi connectivity index (χ1v) is 4.15. The summed E-state index contributed by atoms with van der Waals surface area (Å²) in [5.74, 6) is -0.104. The molecule has 1 atom stereocenters.